The Hall–Kier alpha value is -2.37. The van der Waals surface area contributed by atoms with Crippen LogP contribution in [0, 0.1) is 5.82 Å². The maximum atomic E-state index is 13.3. The van der Waals surface area contributed by atoms with Gasteiger partial charge >= 0.3 is 0 Å². The molecule has 0 aliphatic heterocycles. The molecular weight excluding hydrogens is 247 g/mol. The summed E-state index contributed by atoms with van der Waals surface area (Å²) < 4.78 is 14.9. The van der Waals surface area contributed by atoms with Crippen LogP contribution in [0.4, 0.5) is 4.39 Å². The lowest BCUT2D eigenvalue weighted by atomic mass is 10.1. The molecule has 3 N–H and O–H groups in total. The molecule has 100 valence electrons. The second kappa shape index (κ2) is 5.09. The molecule has 1 aromatic heterocycles. The van der Waals surface area contributed by atoms with Crippen LogP contribution in [0.3, 0.4) is 0 Å². The van der Waals surface area contributed by atoms with E-state index in [0.717, 1.165) is 5.69 Å². The van der Waals surface area contributed by atoms with Crippen LogP contribution in [-0.2, 0) is 0 Å². The van der Waals surface area contributed by atoms with E-state index in [1.54, 1.807) is 16.9 Å². The molecule has 0 saturated heterocycles. The molecule has 0 aliphatic rings. The highest BCUT2D eigenvalue weighted by molar-refractivity contribution is 6.00. The number of aromatic nitrogens is 2. The van der Waals surface area contributed by atoms with Gasteiger partial charge in [0.25, 0.3) is 0 Å². The summed E-state index contributed by atoms with van der Waals surface area (Å²) in [6.07, 6.45) is 1.76. The van der Waals surface area contributed by atoms with Crippen molar-refractivity contribution in [3.05, 3.63) is 47.5 Å². The second-order valence-corrected chi connectivity index (χ2v) is 4.49. The summed E-state index contributed by atoms with van der Waals surface area (Å²) in [4.78, 5) is 0. The predicted molar refractivity (Wildman–Crippen MR) is 70.1 cm³/mol. The van der Waals surface area contributed by atoms with Crippen LogP contribution < -0.4 is 5.73 Å². The first kappa shape index (κ1) is 13.1. The minimum Gasteiger partial charge on any atom is -0.409 e. The lowest BCUT2D eigenvalue weighted by Gasteiger charge is -2.08. The van der Waals surface area contributed by atoms with Gasteiger partial charge in [-0.15, -0.1) is 0 Å². The normalized spacial score (nSPS) is 12.1. The van der Waals surface area contributed by atoms with Gasteiger partial charge in [0, 0.05) is 11.8 Å². The Morgan fingerprint density at radius 3 is 2.74 bits per heavy atom. The van der Waals surface area contributed by atoms with Gasteiger partial charge in [-0.1, -0.05) is 19.0 Å². The third kappa shape index (κ3) is 2.57. The fourth-order valence-electron chi connectivity index (χ4n) is 1.75. The topological polar surface area (TPSA) is 76.4 Å². The van der Waals surface area contributed by atoms with Gasteiger partial charge < -0.3 is 10.9 Å². The highest BCUT2D eigenvalue weighted by atomic mass is 19.1. The van der Waals surface area contributed by atoms with Gasteiger partial charge in [0.2, 0.25) is 0 Å². The van der Waals surface area contributed by atoms with Crippen molar-refractivity contribution in [1.82, 2.24) is 9.78 Å². The number of nitrogens with two attached hydrogens (primary N) is 1. The molecule has 2 rings (SSSR count). The lowest BCUT2D eigenvalue weighted by molar-refractivity contribution is 0.318. The Kier molecular flexibility index (Phi) is 3.50. The fraction of sp³-hybridized carbons (Fsp3) is 0.231. The van der Waals surface area contributed by atoms with E-state index in [-0.39, 0.29) is 11.8 Å². The van der Waals surface area contributed by atoms with Gasteiger partial charge in [0.05, 0.1) is 11.4 Å². The Balaban J connectivity index is 2.54. The zero-order chi connectivity index (χ0) is 14.0. The first-order valence-electron chi connectivity index (χ1n) is 5.86. The van der Waals surface area contributed by atoms with Crippen LogP contribution in [0.1, 0.15) is 31.0 Å². The summed E-state index contributed by atoms with van der Waals surface area (Å²) in [5, 5.41) is 16.1. The van der Waals surface area contributed by atoms with Crippen LogP contribution in [-0.4, -0.2) is 20.8 Å². The van der Waals surface area contributed by atoms with Crippen molar-refractivity contribution in [2.24, 2.45) is 10.9 Å². The van der Waals surface area contributed by atoms with E-state index < -0.39 is 5.82 Å². The maximum Gasteiger partial charge on any atom is 0.172 e. The van der Waals surface area contributed by atoms with Crippen molar-refractivity contribution in [2.75, 3.05) is 0 Å². The highest BCUT2D eigenvalue weighted by Crippen LogP contribution is 2.18. The largest absolute Gasteiger partial charge is 0.409 e. The van der Waals surface area contributed by atoms with E-state index in [2.05, 4.69) is 10.3 Å². The number of hydrogen-bond donors (Lipinski definition) is 2. The number of oxime groups is 1. The second-order valence-electron chi connectivity index (χ2n) is 4.49. The Bertz CT molecular complexity index is 619. The predicted octanol–water partition coefficient (Wildman–Crippen LogP) is 2.23. The molecular formula is C13H15FN4O. The number of nitrogens with zero attached hydrogens (tertiary/aromatic N) is 3. The first-order valence-corrected chi connectivity index (χ1v) is 5.86. The van der Waals surface area contributed by atoms with Crippen LogP contribution >= 0.6 is 0 Å². The van der Waals surface area contributed by atoms with Gasteiger partial charge in [-0.3, -0.25) is 0 Å². The van der Waals surface area contributed by atoms with E-state index in [1.807, 2.05) is 19.9 Å². The maximum absolute atomic E-state index is 13.3. The highest BCUT2D eigenvalue weighted by Gasteiger charge is 2.12. The first-order chi connectivity index (χ1) is 9.02. The van der Waals surface area contributed by atoms with Crippen molar-refractivity contribution in [2.45, 2.75) is 19.8 Å². The minimum absolute atomic E-state index is 0.156. The quantitative estimate of drug-likeness (QED) is 0.385. The van der Waals surface area contributed by atoms with Crippen molar-refractivity contribution in [1.29, 1.82) is 0 Å². The molecule has 2 aromatic rings. The van der Waals surface area contributed by atoms with Crippen molar-refractivity contribution < 1.29 is 9.60 Å². The van der Waals surface area contributed by atoms with Crippen molar-refractivity contribution in [3.8, 4) is 5.69 Å². The summed E-state index contributed by atoms with van der Waals surface area (Å²) in [5.74, 6) is -0.327. The van der Waals surface area contributed by atoms with Crippen molar-refractivity contribution in [3.63, 3.8) is 0 Å². The molecule has 0 unspecified atom stereocenters. The van der Waals surface area contributed by atoms with Crippen LogP contribution in [0.5, 0.6) is 0 Å². The lowest BCUT2D eigenvalue weighted by Crippen LogP contribution is -2.17. The number of hydrogen-bond acceptors (Lipinski definition) is 3. The molecule has 0 atom stereocenters. The van der Waals surface area contributed by atoms with Crippen LogP contribution in [0.25, 0.3) is 5.69 Å². The molecule has 5 nitrogen and oxygen atoms in total. The molecule has 0 fully saturated rings. The summed E-state index contributed by atoms with van der Waals surface area (Å²) in [7, 11) is 0. The average molecular weight is 262 g/mol. The third-order valence-corrected chi connectivity index (χ3v) is 2.79. The summed E-state index contributed by atoms with van der Waals surface area (Å²) in [6.45, 7) is 4.06. The average Bonchev–Trinajstić information content (AvgIpc) is 2.87. The van der Waals surface area contributed by atoms with Crippen LogP contribution in [0.15, 0.2) is 35.6 Å². The molecule has 0 bridgehead atoms. The molecule has 6 heteroatoms. The SMILES string of the molecule is CC(C)c1ccn(-c2ccc(F)cc2/C(N)=N/O)n1. The molecule has 0 radical (unpaired) electrons. The van der Waals surface area contributed by atoms with Gasteiger partial charge in [-0.05, 0) is 30.2 Å². The molecule has 0 aliphatic carbocycles. The monoisotopic (exact) mass is 262 g/mol. The Morgan fingerprint density at radius 1 is 1.42 bits per heavy atom. The number of amidine groups is 1. The van der Waals surface area contributed by atoms with E-state index in [9.17, 15) is 4.39 Å². The molecule has 0 saturated carbocycles. The Labute approximate surface area is 110 Å². The third-order valence-electron chi connectivity index (χ3n) is 2.79. The number of benzene rings is 1. The number of halogens is 1. The molecule has 19 heavy (non-hydrogen) atoms. The molecule has 0 amide bonds. The molecule has 1 aromatic carbocycles. The van der Waals surface area contributed by atoms with Crippen molar-refractivity contribution >= 4 is 5.84 Å². The zero-order valence-corrected chi connectivity index (χ0v) is 10.7. The van der Waals surface area contributed by atoms with E-state index in [1.165, 1.54) is 12.1 Å². The molecule has 1 heterocycles. The summed E-state index contributed by atoms with van der Waals surface area (Å²) in [5.41, 5.74) is 7.32. The van der Waals surface area contributed by atoms with Gasteiger partial charge in [-0.25, -0.2) is 9.07 Å². The summed E-state index contributed by atoms with van der Waals surface area (Å²) in [6, 6.07) is 5.94. The number of rotatable bonds is 3. The van der Waals surface area contributed by atoms with E-state index >= 15 is 0 Å². The van der Waals surface area contributed by atoms with Gasteiger partial charge in [0.1, 0.15) is 5.82 Å². The van der Waals surface area contributed by atoms with Crippen LogP contribution in [0.2, 0.25) is 0 Å². The minimum atomic E-state index is -0.457. The van der Waals surface area contributed by atoms with Gasteiger partial charge in [-0.2, -0.15) is 5.10 Å². The fourth-order valence-corrected chi connectivity index (χ4v) is 1.75. The smallest absolute Gasteiger partial charge is 0.172 e. The van der Waals surface area contributed by atoms with E-state index in [4.69, 9.17) is 10.9 Å². The Morgan fingerprint density at radius 2 is 2.16 bits per heavy atom. The zero-order valence-electron chi connectivity index (χ0n) is 10.7. The van der Waals surface area contributed by atoms with E-state index in [0.29, 0.717) is 11.3 Å². The summed E-state index contributed by atoms with van der Waals surface area (Å²) >= 11 is 0. The molecule has 0 spiro atoms. The van der Waals surface area contributed by atoms with Gasteiger partial charge in [0.15, 0.2) is 5.84 Å². The standard InChI is InChI=1S/C13H15FN4O/c1-8(2)11-5-6-18(16-11)12-4-3-9(14)7-10(12)13(15)17-19/h3-8,19H,1-2H3,(H2,15,17).